The van der Waals surface area contributed by atoms with Gasteiger partial charge >= 0.3 is 5.51 Å². The van der Waals surface area contributed by atoms with Crippen LogP contribution in [0.1, 0.15) is 0 Å². The zero-order valence-electron chi connectivity index (χ0n) is 8.62. The Morgan fingerprint density at radius 2 is 2.18 bits per heavy atom. The lowest BCUT2D eigenvalue weighted by molar-refractivity contribution is -0.0327. The molecule has 2 rings (SSSR count). The summed E-state index contributed by atoms with van der Waals surface area (Å²) >= 11 is -0.0534. The molecule has 0 radical (unpaired) electrons. The first-order valence-corrected chi connectivity index (χ1v) is 5.81. The molecule has 7 heteroatoms. The zero-order chi connectivity index (χ0) is 12.3. The average molecular weight is 262 g/mol. The summed E-state index contributed by atoms with van der Waals surface area (Å²) in [7, 11) is 0. The van der Waals surface area contributed by atoms with E-state index in [0.29, 0.717) is 11.4 Å². The number of rotatable bonds is 4. The molecule has 3 nitrogen and oxygen atoms in total. The fraction of sp³-hybridized carbons (Fsp3) is 0.300. The fourth-order valence-electron chi connectivity index (χ4n) is 1.37. The maximum Gasteiger partial charge on any atom is 0.441 e. The van der Waals surface area contributed by atoms with Gasteiger partial charge in [0.2, 0.25) is 0 Å². The summed E-state index contributed by atoms with van der Waals surface area (Å²) in [5.41, 5.74) is -3.53. The Balaban J connectivity index is 1.93. The van der Waals surface area contributed by atoms with E-state index in [-0.39, 0.29) is 24.1 Å². The van der Waals surface area contributed by atoms with Crippen molar-refractivity contribution in [2.75, 3.05) is 17.6 Å². The Morgan fingerprint density at radius 3 is 2.94 bits per heavy atom. The number of nitrogens with zero attached hydrogens (tertiary/aromatic N) is 1. The van der Waals surface area contributed by atoms with Crippen LogP contribution in [0.4, 0.5) is 19.0 Å². The number of hydrogen-bond donors (Lipinski definition) is 1. The quantitative estimate of drug-likeness (QED) is 0.856. The molecule has 0 bridgehead atoms. The molecular weight excluding hydrogens is 253 g/mol. The minimum atomic E-state index is -4.18. The largest absolute Gasteiger partial charge is 0.464 e. The predicted octanol–water partition coefficient (Wildman–Crippen LogP) is 3.49. The van der Waals surface area contributed by atoms with Gasteiger partial charge in [0.05, 0.1) is 11.6 Å². The van der Waals surface area contributed by atoms with E-state index >= 15 is 0 Å². The Hall–Kier alpha value is -1.37. The SMILES string of the molecule is FC(F)(F)SCCNc1nccc2occc12. The summed E-state index contributed by atoms with van der Waals surface area (Å²) in [6.07, 6.45) is 3.06. The second kappa shape index (κ2) is 4.87. The minimum Gasteiger partial charge on any atom is -0.464 e. The van der Waals surface area contributed by atoms with Crippen molar-refractivity contribution in [3.05, 3.63) is 24.6 Å². The minimum absolute atomic E-state index is 0.0534. The van der Waals surface area contributed by atoms with Crippen molar-refractivity contribution in [1.82, 2.24) is 4.98 Å². The van der Waals surface area contributed by atoms with Crippen LogP contribution in [0.5, 0.6) is 0 Å². The van der Waals surface area contributed by atoms with Gasteiger partial charge in [0.25, 0.3) is 0 Å². The first-order chi connectivity index (χ1) is 8.06. The Morgan fingerprint density at radius 1 is 1.35 bits per heavy atom. The molecule has 0 aliphatic heterocycles. The third-order valence-corrected chi connectivity index (χ3v) is 2.78. The molecule has 0 saturated heterocycles. The lowest BCUT2D eigenvalue weighted by Gasteiger charge is -2.07. The zero-order valence-corrected chi connectivity index (χ0v) is 9.44. The summed E-state index contributed by atoms with van der Waals surface area (Å²) in [6, 6.07) is 3.42. The van der Waals surface area contributed by atoms with Crippen molar-refractivity contribution in [2.24, 2.45) is 0 Å². The second-order valence-electron chi connectivity index (χ2n) is 3.21. The predicted molar refractivity (Wildman–Crippen MR) is 61.0 cm³/mol. The normalized spacial score (nSPS) is 11.9. The monoisotopic (exact) mass is 262 g/mol. The lowest BCUT2D eigenvalue weighted by Crippen LogP contribution is -2.10. The van der Waals surface area contributed by atoms with Crippen LogP contribution < -0.4 is 5.32 Å². The van der Waals surface area contributed by atoms with E-state index < -0.39 is 5.51 Å². The Kier molecular flexibility index (Phi) is 3.46. The van der Waals surface area contributed by atoms with Crippen molar-refractivity contribution in [1.29, 1.82) is 0 Å². The van der Waals surface area contributed by atoms with Crippen LogP contribution in [0.2, 0.25) is 0 Å². The van der Waals surface area contributed by atoms with Gasteiger partial charge in [-0.3, -0.25) is 0 Å². The third kappa shape index (κ3) is 3.29. The lowest BCUT2D eigenvalue weighted by atomic mass is 10.3. The molecule has 0 aromatic carbocycles. The van der Waals surface area contributed by atoms with Crippen LogP contribution >= 0.6 is 11.8 Å². The van der Waals surface area contributed by atoms with E-state index in [0.717, 1.165) is 5.39 Å². The molecule has 0 fully saturated rings. The van der Waals surface area contributed by atoms with E-state index in [1.807, 2.05) is 0 Å². The number of hydrogen-bond acceptors (Lipinski definition) is 4. The molecular formula is C10H9F3N2OS. The first kappa shape index (κ1) is 12.1. The molecule has 0 aliphatic carbocycles. The first-order valence-electron chi connectivity index (χ1n) is 4.83. The van der Waals surface area contributed by atoms with Crippen molar-refractivity contribution < 1.29 is 17.6 Å². The number of pyridine rings is 1. The van der Waals surface area contributed by atoms with Gasteiger partial charge in [-0.05, 0) is 23.9 Å². The number of aromatic nitrogens is 1. The van der Waals surface area contributed by atoms with Crippen LogP contribution in [-0.2, 0) is 0 Å². The van der Waals surface area contributed by atoms with E-state index in [2.05, 4.69) is 10.3 Å². The Bertz CT molecular complexity index is 498. The number of fused-ring (bicyclic) bond motifs is 1. The van der Waals surface area contributed by atoms with Crippen molar-refractivity contribution >= 4 is 28.5 Å². The van der Waals surface area contributed by atoms with Crippen molar-refractivity contribution in [3.8, 4) is 0 Å². The molecule has 2 aromatic rings. The molecule has 17 heavy (non-hydrogen) atoms. The number of nitrogens with one attached hydrogen (secondary N) is 1. The van der Waals surface area contributed by atoms with Crippen molar-refractivity contribution in [2.45, 2.75) is 5.51 Å². The third-order valence-electron chi connectivity index (χ3n) is 2.04. The molecule has 0 atom stereocenters. The number of halogens is 3. The van der Waals surface area contributed by atoms with Gasteiger partial charge < -0.3 is 9.73 Å². The van der Waals surface area contributed by atoms with Gasteiger partial charge in [-0.25, -0.2) is 4.98 Å². The summed E-state index contributed by atoms with van der Waals surface area (Å²) in [4.78, 5) is 4.05. The number of alkyl halides is 3. The van der Waals surface area contributed by atoms with E-state index in [4.69, 9.17) is 4.42 Å². The van der Waals surface area contributed by atoms with Crippen molar-refractivity contribution in [3.63, 3.8) is 0 Å². The molecule has 0 unspecified atom stereocenters. The van der Waals surface area contributed by atoms with Crippen LogP contribution in [0.15, 0.2) is 29.0 Å². The number of anilines is 1. The number of thioether (sulfide) groups is 1. The average Bonchev–Trinajstić information content (AvgIpc) is 2.71. The highest BCUT2D eigenvalue weighted by Crippen LogP contribution is 2.29. The van der Waals surface area contributed by atoms with Crippen LogP contribution in [0.3, 0.4) is 0 Å². The van der Waals surface area contributed by atoms with Gasteiger partial charge in [-0.1, -0.05) is 0 Å². The van der Waals surface area contributed by atoms with Gasteiger partial charge in [-0.15, -0.1) is 0 Å². The van der Waals surface area contributed by atoms with Gasteiger partial charge in [-0.2, -0.15) is 13.2 Å². The molecule has 0 spiro atoms. The molecule has 0 aliphatic rings. The fourth-order valence-corrected chi connectivity index (χ4v) is 1.81. The maximum absolute atomic E-state index is 11.9. The standard InChI is InChI=1S/C10H9F3N2OS/c11-10(12,13)17-6-4-15-9-7-2-5-16-8(7)1-3-14-9/h1-3,5H,4,6H2,(H,14,15). The van der Waals surface area contributed by atoms with Gasteiger partial charge in [0, 0.05) is 18.5 Å². The highest BCUT2D eigenvalue weighted by Gasteiger charge is 2.27. The number of furan rings is 1. The summed E-state index contributed by atoms with van der Waals surface area (Å²) in [5, 5.41) is 3.62. The highest BCUT2D eigenvalue weighted by atomic mass is 32.2. The molecule has 92 valence electrons. The molecule has 0 saturated carbocycles. The molecule has 1 N–H and O–H groups in total. The van der Waals surface area contributed by atoms with E-state index in [9.17, 15) is 13.2 Å². The molecule has 0 amide bonds. The summed E-state index contributed by atoms with van der Waals surface area (Å²) in [6.45, 7) is 0.196. The van der Waals surface area contributed by atoms with E-state index in [1.54, 1.807) is 18.3 Å². The van der Waals surface area contributed by atoms with E-state index in [1.165, 1.54) is 6.26 Å². The maximum atomic E-state index is 11.9. The second-order valence-corrected chi connectivity index (χ2v) is 4.37. The summed E-state index contributed by atoms with van der Waals surface area (Å²) in [5.74, 6) is 0.485. The van der Waals surface area contributed by atoms with Gasteiger partial charge in [0.1, 0.15) is 11.4 Å². The summed E-state index contributed by atoms with van der Waals surface area (Å²) < 4.78 is 40.8. The molecule has 2 aromatic heterocycles. The van der Waals surface area contributed by atoms with Crippen LogP contribution in [-0.4, -0.2) is 22.8 Å². The van der Waals surface area contributed by atoms with Crippen LogP contribution in [0.25, 0.3) is 11.0 Å². The highest BCUT2D eigenvalue weighted by molar-refractivity contribution is 8.00. The Labute approximate surface area is 99.4 Å². The van der Waals surface area contributed by atoms with Crippen LogP contribution in [0, 0.1) is 0 Å². The topological polar surface area (TPSA) is 38.1 Å². The molecule has 2 heterocycles. The smallest absolute Gasteiger partial charge is 0.441 e. The van der Waals surface area contributed by atoms with Gasteiger partial charge in [0.15, 0.2) is 0 Å².